The average molecular weight is 280 g/mol. The lowest BCUT2D eigenvalue weighted by molar-refractivity contribution is -0.116. The molecule has 100 valence electrons. The Hall–Kier alpha value is -2.02. The first kappa shape index (κ1) is 13.4. The van der Waals surface area contributed by atoms with Gasteiger partial charge in [0.25, 0.3) is 0 Å². The van der Waals surface area contributed by atoms with Crippen molar-refractivity contribution in [3.63, 3.8) is 0 Å². The van der Waals surface area contributed by atoms with Crippen molar-refractivity contribution in [2.45, 2.75) is 19.9 Å². The van der Waals surface area contributed by atoms with E-state index in [1.165, 1.54) is 17.4 Å². The Morgan fingerprint density at radius 1 is 1.37 bits per heavy atom. The Morgan fingerprint density at radius 3 is 2.74 bits per heavy atom. The van der Waals surface area contributed by atoms with Gasteiger partial charge < -0.3 is 5.32 Å². The fourth-order valence-electron chi connectivity index (χ4n) is 1.44. The maximum atomic E-state index is 13.4. The quantitative estimate of drug-likeness (QED) is 0.902. The van der Waals surface area contributed by atoms with E-state index >= 15 is 0 Å². The number of aryl methyl sites for hydroxylation is 1. The number of para-hydroxylation sites is 1. The van der Waals surface area contributed by atoms with Gasteiger partial charge in [0.1, 0.15) is 16.9 Å². The average Bonchev–Trinajstić information content (AvgIpc) is 2.77. The van der Waals surface area contributed by atoms with Crippen LogP contribution in [0.1, 0.15) is 11.9 Å². The maximum Gasteiger partial charge on any atom is 0.248 e. The summed E-state index contributed by atoms with van der Waals surface area (Å²) in [6.07, 6.45) is 0. The van der Waals surface area contributed by atoms with Crippen LogP contribution in [-0.2, 0) is 4.79 Å². The van der Waals surface area contributed by atoms with Crippen molar-refractivity contribution in [3.8, 4) is 0 Å². The van der Waals surface area contributed by atoms with Crippen molar-refractivity contribution < 1.29 is 9.18 Å². The molecule has 0 aliphatic heterocycles. The Kier molecular flexibility index (Phi) is 4.06. The molecule has 1 amide bonds. The van der Waals surface area contributed by atoms with E-state index in [9.17, 15) is 9.18 Å². The van der Waals surface area contributed by atoms with Crippen LogP contribution in [0.15, 0.2) is 24.3 Å². The summed E-state index contributed by atoms with van der Waals surface area (Å²) in [6, 6.07) is 5.62. The van der Waals surface area contributed by atoms with Crippen molar-refractivity contribution in [2.24, 2.45) is 0 Å². The number of carbonyl (C=O) groups excluding carboxylic acids is 1. The van der Waals surface area contributed by atoms with Crippen LogP contribution >= 0.6 is 11.3 Å². The topological polar surface area (TPSA) is 66.9 Å². The van der Waals surface area contributed by atoms with E-state index in [2.05, 4.69) is 20.8 Å². The second kappa shape index (κ2) is 5.75. The summed E-state index contributed by atoms with van der Waals surface area (Å²) in [5.74, 6) is -0.687. The number of aromatic nitrogens is 2. The predicted octanol–water partition coefficient (Wildman–Crippen LogP) is 2.42. The molecular formula is C12H13FN4OS. The summed E-state index contributed by atoms with van der Waals surface area (Å²) in [5.41, 5.74) is 0.290. The molecule has 1 heterocycles. The first-order chi connectivity index (χ1) is 9.06. The van der Waals surface area contributed by atoms with Crippen LogP contribution in [0.3, 0.4) is 0 Å². The molecule has 2 N–H and O–H groups in total. The van der Waals surface area contributed by atoms with Gasteiger partial charge in [-0.05, 0) is 26.0 Å². The molecule has 0 fully saturated rings. The van der Waals surface area contributed by atoms with Crippen LogP contribution in [0, 0.1) is 12.7 Å². The molecule has 19 heavy (non-hydrogen) atoms. The van der Waals surface area contributed by atoms with Crippen molar-refractivity contribution >= 4 is 28.1 Å². The van der Waals surface area contributed by atoms with Crippen molar-refractivity contribution in [2.75, 3.05) is 10.6 Å². The summed E-state index contributed by atoms with van der Waals surface area (Å²) >= 11 is 1.29. The molecule has 2 aromatic rings. The number of rotatable bonds is 4. The van der Waals surface area contributed by atoms with Gasteiger partial charge in [0.2, 0.25) is 11.0 Å². The van der Waals surface area contributed by atoms with Crippen LogP contribution in [0.2, 0.25) is 0 Å². The first-order valence-corrected chi connectivity index (χ1v) is 6.50. The SMILES string of the molecule is Cc1nnc(NC(=O)[C@@H](C)Nc2ccccc2F)s1. The molecule has 5 nitrogen and oxygen atoms in total. The van der Waals surface area contributed by atoms with E-state index < -0.39 is 11.9 Å². The minimum absolute atomic E-state index is 0.290. The van der Waals surface area contributed by atoms with Crippen LogP contribution in [0.25, 0.3) is 0 Å². The van der Waals surface area contributed by atoms with Gasteiger partial charge in [-0.3, -0.25) is 10.1 Å². The Balaban J connectivity index is 1.98. The van der Waals surface area contributed by atoms with Gasteiger partial charge in [0.15, 0.2) is 0 Å². The van der Waals surface area contributed by atoms with Gasteiger partial charge in [-0.2, -0.15) is 0 Å². The fourth-order valence-corrected chi connectivity index (χ4v) is 2.03. The van der Waals surface area contributed by atoms with Gasteiger partial charge >= 0.3 is 0 Å². The lowest BCUT2D eigenvalue weighted by Gasteiger charge is -2.14. The highest BCUT2D eigenvalue weighted by Crippen LogP contribution is 2.16. The molecule has 7 heteroatoms. The number of nitrogens with zero attached hydrogens (tertiary/aromatic N) is 2. The number of benzene rings is 1. The Morgan fingerprint density at radius 2 is 2.11 bits per heavy atom. The largest absolute Gasteiger partial charge is 0.372 e. The minimum Gasteiger partial charge on any atom is -0.372 e. The molecule has 0 aliphatic carbocycles. The second-order valence-electron chi connectivity index (χ2n) is 3.96. The molecule has 2 rings (SSSR count). The molecule has 1 aromatic heterocycles. The first-order valence-electron chi connectivity index (χ1n) is 5.68. The summed E-state index contributed by atoms with van der Waals surface area (Å²) in [6.45, 7) is 3.45. The fraction of sp³-hybridized carbons (Fsp3) is 0.250. The number of hydrogen-bond donors (Lipinski definition) is 2. The van der Waals surface area contributed by atoms with Gasteiger partial charge in [0.05, 0.1) is 5.69 Å². The van der Waals surface area contributed by atoms with Gasteiger partial charge in [-0.1, -0.05) is 23.5 Å². The van der Waals surface area contributed by atoms with Crippen molar-refractivity contribution in [3.05, 3.63) is 35.1 Å². The zero-order chi connectivity index (χ0) is 13.8. The number of halogens is 1. The number of nitrogens with one attached hydrogen (secondary N) is 2. The zero-order valence-corrected chi connectivity index (χ0v) is 11.3. The summed E-state index contributed by atoms with van der Waals surface area (Å²) in [5, 5.41) is 14.2. The zero-order valence-electron chi connectivity index (χ0n) is 10.5. The molecule has 0 spiro atoms. The van der Waals surface area contributed by atoms with E-state index in [1.54, 1.807) is 32.0 Å². The highest BCUT2D eigenvalue weighted by molar-refractivity contribution is 7.15. The second-order valence-corrected chi connectivity index (χ2v) is 5.14. The number of hydrogen-bond acceptors (Lipinski definition) is 5. The van der Waals surface area contributed by atoms with E-state index in [0.29, 0.717) is 10.8 Å². The summed E-state index contributed by atoms with van der Waals surface area (Å²) < 4.78 is 13.4. The number of amides is 1. The maximum absolute atomic E-state index is 13.4. The summed E-state index contributed by atoms with van der Waals surface area (Å²) in [7, 11) is 0. The molecule has 0 saturated heterocycles. The van der Waals surface area contributed by atoms with E-state index in [1.807, 2.05) is 0 Å². The molecule has 0 saturated carbocycles. The monoisotopic (exact) mass is 280 g/mol. The predicted molar refractivity (Wildman–Crippen MR) is 72.8 cm³/mol. The van der Waals surface area contributed by atoms with Gasteiger partial charge in [0, 0.05) is 0 Å². The van der Waals surface area contributed by atoms with Gasteiger partial charge in [-0.15, -0.1) is 10.2 Å². The Bertz CT molecular complexity index is 587. The molecule has 0 aliphatic rings. The van der Waals surface area contributed by atoms with Crippen molar-refractivity contribution in [1.29, 1.82) is 0 Å². The van der Waals surface area contributed by atoms with Crippen molar-refractivity contribution in [1.82, 2.24) is 10.2 Å². The molecule has 0 unspecified atom stereocenters. The third kappa shape index (κ3) is 3.47. The molecule has 0 radical (unpaired) electrons. The highest BCUT2D eigenvalue weighted by Gasteiger charge is 2.15. The van der Waals surface area contributed by atoms with Crippen LogP contribution in [-0.4, -0.2) is 22.1 Å². The standard InChI is InChI=1S/C12H13FN4OS/c1-7(14-10-6-4-3-5-9(10)13)11(18)15-12-17-16-8(2)19-12/h3-7,14H,1-2H3,(H,15,17,18)/t7-/m1/s1. The van der Waals surface area contributed by atoms with E-state index in [4.69, 9.17) is 0 Å². The summed E-state index contributed by atoms with van der Waals surface area (Å²) in [4.78, 5) is 11.9. The molecule has 0 bridgehead atoms. The van der Waals surface area contributed by atoms with Gasteiger partial charge in [-0.25, -0.2) is 4.39 Å². The van der Waals surface area contributed by atoms with Crippen LogP contribution in [0.5, 0.6) is 0 Å². The molecule has 1 atom stereocenters. The highest BCUT2D eigenvalue weighted by atomic mass is 32.1. The Labute approximate surface area is 113 Å². The van der Waals surface area contributed by atoms with Crippen LogP contribution in [0.4, 0.5) is 15.2 Å². The lowest BCUT2D eigenvalue weighted by Crippen LogP contribution is -2.32. The third-order valence-corrected chi connectivity index (χ3v) is 3.15. The number of anilines is 2. The van der Waals surface area contributed by atoms with E-state index in [0.717, 1.165) is 5.01 Å². The van der Waals surface area contributed by atoms with E-state index in [-0.39, 0.29) is 5.91 Å². The smallest absolute Gasteiger partial charge is 0.248 e. The lowest BCUT2D eigenvalue weighted by atomic mass is 10.2. The van der Waals surface area contributed by atoms with Crippen LogP contribution < -0.4 is 10.6 Å². The molecule has 1 aromatic carbocycles. The molecular weight excluding hydrogens is 267 g/mol. The third-order valence-electron chi connectivity index (χ3n) is 2.40. The minimum atomic E-state index is -0.582. The number of carbonyl (C=O) groups is 1. The normalized spacial score (nSPS) is 11.9.